The average Bonchev–Trinajstić information content (AvgIpc) is 3.02. The molecule has 1 saturated heterocycles. The Morgan fingerprint density at radius 3 is 2.62 bits per heavy atom. The van der Waals surface area contributed by atoms with Gasteiger partial charge in [-0.2, -0.15) is 0 Å². The number of carbonyl (C=O) groups is 1. The number of hydrogen-bond donors (Lipinski definition) is 2. The normalized spacial score (nSPS) is 16.8. The first-order chi connectivity index (χ1) is 11.6. The van der Waals surface area contributed by atoms with Gasteiger partial charge in [-0.1, -0.05) is 28.9 Å². The fourth-order valence-electron chi connectivity index (χ4n) is 2.76. The fourth-order valence-corrected chi connectivity index (χ4v) is 2.88. The summed E-state index contributed by atoms with van der Waals surface area (Å²) in [7, 11) is 0. The molecule has 0 saturated carbocycles. The van der Waals surface area contributed by atoms with E-state index < -0.39 is 6.10 Å². The molecule has 0 unspecified atom stereocenters. The summed E-state index contributed by atoms with van der Waals surface area (Å²) >= 11 is 5.90. The Kier molecular flexibility index (Phi) is 5.18. The highest BCUT2D eigenvalue weighted by atomic mass is 35.5. The summed E-state index contributed by atoms with van der Waals surface area (Å²) in [6.45, 7) is 2.83. The Bertz CT molecular complexity index is 706. The highest BCUT2D eigenvalue weighted by Crippen LogP contribution is 2.31. The van der Waals surface area contributed by atoms with Crippen molar-refractivity contribution in [3.8, 4) is 11.3 Å². The molecule has 7 heteroatoms. The summed E-state index contributed by atoms with van der Waals surface area (Å²) in [6.07, 6.45) is 0.624. The SMILES string of the molecule is C[C@H](O)c1c(-c2ccc(Cl)cc2)noc1C(=O)NC1CCOCC1. The summed E-state index contributed by atoms with van der Waals surface area (Å²) in [5, 5.41) is 17.6. The van der Waals surface area contributed by atoms with Crippen LogP contribution in [0.1, 0.15) is 42.0 Å². The van der Waals surface area contributed by atoms with E-state index in [0.29, 0.717) is 29.5 Å². The molecule has 1 fully saturated rings. The van der Waals surface area contributed by atoms with Gasteiger partial charge in [-0.25, -0.2) is 0 Å². The first kappa shape index (κ1) is 17.0. The number of nitrogens with one attached hydrogen (secondary N) is 1. The molecule has 128 valence electrons. The van der Waals surface area contributed by atoms with Gasteiger partial charge >= 0.3 is 0 Å². The molecular weight excluding hydrogens is 332 g/mol. The lowest BCUT2D eigenvalue weighted by atomic mass is 10.0. The van der Waals surface area contributed by atoms with Gasteiger partial charge in [0.05, 0.1) is 11.7 Å². The molecule has 1 aliphatic rings. The number of rotatable bonds is 4. The Hall–Kier alpha value is -1.89. The molecule has 1 atom stereocenters. The fraction of sp³-hybridized carbons (Fsp3) is 0.412. The number of nitrogens with zero attached hydrogens (tertiary/aromatic N) is 1. The third-order valence-corrected chi connectivity index (χ3v) is 4.28. The molecule has 3 rings (SSSR count). The maximum atomic E-state index is 12.5. The number of hydrogen-bond acceptors (Lipinski definition) is 5. The molecule has 0 radical (unpaired) electrons. The van der Waals surface area contributed by atoms with Gasteiger partial charge in [-0.3, -0.25) is 4.79 Å². The van der Waals surface area contributed by atoms with Gasteiger partial charge in [-0.15, -0.1) is 0 Å². The zero-order valence-electron chi connectivity index (χ0n) is 13.3. The summed E-state index contributed by atoms with van der Waals surface area (Å²) in [4.78, 5) is 12.5. The Labute approximate surface area is 144 Å². The quantitative estimate of drug-likeness (QED) is 0.885. The van der Waals surface area contributed by atoms with Crippen LogP contribution in [0.15, 0.2) is 28.8 Å². The van der Waals surface area contributed by atoms with Crippen molar-refractivity contribution in [2.75, 3.05) is 13.2 Å². The Morgan fingerprint density at radius 1 is 1.33 bits per heavy atom. The van der Waals surface area contributed by atoms with Crippen LogP contribution in [0.5, 0.6) is 0 Å². The highest BCUT2D eigenvalue weighted by molar-refractivity contribution is 6.30. The molecule has 24 heavy (non-hydrogen) atoms. The molecule has 2 heterocycles. The topological polar surface area (TPSA) is 84.6 Å². The summed E-state index contributed by atoms with van der Waals surface area (Å²) in [5.41, 5.74) is 1.55. The second kappa shape index (κ2) is 7.34. The van der Waals surface area contributed by atoms with E-state index in [1.807, 2.05) is 0 Å². The minimum atomic E-state index is -0.891. The predicted molar refractivity (Wildman–Crippen MR) is 88.9 cm³/mol. The third-order valence-electron chi connectivity index (χ3n) is 4.03. The predicted octanol–water partition coefficient (Wildman–Crippen LogP) is 2.96. The van der Waals surface area contributed by atoms with Crippen LogP contribution in [0, 0.1) is 0 Å². The number of aliphatic hydroxyl groups excluding tert-OH is 1. The van der Waals surface area contributed by atoms with Crippen LogP contribution >= 0.6 is 11.6 Å². The number of amides is 1. The molecule has 0 bridgehead atoms. The van der Waals surface area contributed by atoms with Crippen molar-refractivity contribution in [1.29, 1.82) is 0 Å². The van der Waals surface area contributed by atoms with Crippen molar-refractivity contribution in [3.05, 3.63) is 40.6 Å². The van der Waals surface area contributed by atoms with E-state index in [9.17, 15) is 9.90 Å². The van der Waals surface area contributed by atoms with Gasteiger partial charge < -0.3 is 19.7 Å². The number of aliphatic hydroxyl groups is 1. The van der Waals surface area contributed by atoms with Gasteiger partial charge in [0.15, 0.2) is 0 Å². The molecule has 1 aromatic heterocycles. The van der Waals surface area contributed by atoms with Gasteiger partial charge in [0.2, 0.25) is 5.76 Å². The standard InChI is InChI=1S/C17H19ClN2O4/c1-10(21)14-15(11-2-4-12(18)5-3-11)20-24-16(14)17(22)19-13-6-8-23-9-7-13/h2-5,10,13,21H,6-9H2,1H3,(H,19,22)/t10-/m0/s1. The molecule has 1 aliphatic heterocycles. The van der Waals surface area contributed by atoms with Crippen LogP contribution < -0.4 is 5.32 Å². The first-order valence-electron chi connectivity index (χ1n) is 7.88. The minimum Gasteiger partial charge on any atom is -0.388 e. The maximum Gasteiger partial charge on any atom is 0.290 e. The maximum absolute atomic E-state index is 12.5. The molecule has 0 spiro atoms. The molecule has 1 aromatic carbocycles. The van der Waals surface area contributed by atoms with Gasteiger partial charge in [0.1, 0.15) is 5.69 Å². The largest absolute Gasteiger partial charge is 0.388 e. The van der Waals surface area contributed by atoms with Crippen LogP contribution in [0.4, 0.5) is 0 Å². The van der Waals surface area contributed by atoms with E-state index in [-0.39, 0.29) is 17.7 Å². The summed E-state index contributed by atoms with van der Waals surface area (Å²) in [5.74, 6) is -0.327. The van der Waals surface area contributed by atoms with Crippen LogP contribution in [-0.4, -0.2) is 35.4 Å². The Balaban J connectivity index is 1.88. The third kappa shape index (κ3) is 3.61. The van der Waals surface area contributed by atoms with Crippen molar-refractivity contribution < 1.29 is 19.2 Å². The molecule has 6 nitrogen and oxygen atoms in total. The monoisotopic (exact) mass is 350 g/mol. The second-order valence-electron chi connectivity index (χ2n) is 5.82. The van der Waals surface area contributed by atoms with Gasteiger partial charge in [0, 0.05) is 29.8 Å². The number of benzene rings is 1. The van der Waals surface area contributed by atoms with Crippen LogP contribution in [0.2, 0.25) is 5.02 Å². The minimum absolute atomic E-state index is 0.0391. The van der Waals surface area contributed by atoms with Crippen LogP contribution in [0.3, 0.4) is 0 Å². The number of halogens is 1. The number of carbonyl (C=O) groups excluding carboxylic acids is 1. The number of aromatic nitrogens is 1. The van der Waals surface area contributed by atoms with E-state index in [4.69, 9.17) is 20.9 Å². The lowest BCUT2D eigenvalue weighted by Gasteiger charge is -2.22. The van der Waals surface area contributed by atoms with Crippen molar-refractivity contribution in [2.24, 2.45) is 0 Å². The van der Waals surface area contributed by atoms with E-state index in [0.717, 1.165) is 18.4 Å². The van der Waals surface area contributed by atoms with E-state index in [2.05, 4.69) is 10.5 Å². The molecule has 1 amide bonds. The van der Waals surface area contributed by atoms with E-state index in [1.165, 1.54) is 0 Å². The van der Waals surface area contributed by atoms with Crippen LogP contribution in [0.25, 0.3) is 11.3 Å². The van der Waals surface area contributed by atoms with Crippen molar-refractivity contribution in [3.63, 3.8) is 0 Å². The van der Waals surface area contributed by atoms with Crippen molar-refractivity contribution in [2.45, 2.75) is 31.9 Å². The average molecular weight is 351 g/mol. The smallest absolute Gasteiger partial charge is 0.290 e. The second-order valence-corrected chi connectivity index (χ2v) is 6.25. The number of ether oxygens (including phenoxy) is 1. The first-order valence-corrected chi connectivity index (χ1v) is 8.26. The van der Waals surface area contributed by atoms with Crippen molar-refractivity contribution in [1.82, 2.24) is 10.5 Å². The molecule has 2 N–H and O–H groups in total. The summed E-state index contributed by atoms with van der Waals surface area (Å²) in [6, 6.07) is 7.02. The van der Waals surface area contributed by atoms with Crippen molar-refractivity contribution >= 4 is 17.5 Å². The van der Waals surface area contributed by atoms with E-state index in [1.54, 1.807) is 31.2 Å². The highest BCUT2D eigenvalue weighted by Gasteiger charge is 2.28. The zero-order valence-corrected chi connectivity index (χ0v) is 14.0. The molecule has 0 aliphatic carbocycles. The lowest BCUT2D eigenvalue weighted by Crippen LogP contribution is -2.39. The van der Waals surface area contributed by atoms with Gasteiger partial charge in [0.25, 0.3) is 5.91 Å². The van der Waals surface area contributed by atoms with E-state index >= 15 is 0 Å². The zero-order chi connectivity index (χ0) is 17.1. The Morgan fingerprint density at radius 2 is 2.00 bits per heavy atom. The lowest BCUT2D eigenvalue weighted by molar-refractivity contribution is 0.0675. The molecule has 2 aromatic rings. The summed E-state index contributed by atoms with van der Waals surface area (Å²) < 4.78 is 10.5. The van der Waals surface area contributed by atoms with Gasteiger partial charge in [-0.05, 0) is 31.9 Å². The molecular formula is C17H19ClN2O4. The van der Waals surface area contributed by atoms with Crippen LogP contribution in [-0.2, 0) is 4.74 Å².